The summed E-state index contributed by atoms with van der Waals surface area (Å²) in [5.41, 5.74) is 0. The quantitative estimate of drug-likeness (QED) is 0.377. The van der Waals surface area contributed by atoms with Gasteiger partial charge in [0.05, 0.1) is 0 Å². The molecule has 0 aliphatic carbocycles. The third-order valence-electron chi connectivity index (χ3n) is 0.775. The predicted octanol–water partition coefficient (Wildman–Crippen LogP) is 0.969. The third-order valence-corrected chi connectivity index (χ3v) is 0.927. The molecule has 4 nitrogen and oxygen atoms in total. The molecule has 0 saturated carbocycles. The van der Waals surface area contributed by atoms with Crippen LogP contribution in [-0.4, -0.2) is 18.5 Å². The van der Waals surface area contributed by atoms with Crippen LogP contribution in [0.25, 0.3) is 0 Å². The Kier molecular flexibility index (Phi) is 5.73. The van der Waals surface area contributed by atoms with E-state index >= 15 is 0 Å². The van der Waals surface area contributed by atoms with Crippen LogP contribution in [0.3, 0.4) is 0 Å². The molecule has 0 aromatic heterocycles. The Labute approximate surface area is 74.6 Å². The first kappa shape index (κ1) is 10.7. The highest BCUT2D eigenvalue weighted by atomic mass is 35.5. The second-order valence-electron chi connectivity index (χ2n) is 1.65. The zero-order valence-corrected chi connectivity index (χ0v) is 6.91. The monoisotopic (exact) mass is 190 g/mol. The van der Waals surface area contributed by atoms with E-state index in [9.17, 15) is 9.59 Å². The summed E-state index contributed by atoms with van der Waals surface area (Å²) >= 11 is 4.67. The van der Waals surface area contributed by atoms with Crippen LogP contribution in [0.15, 0.2) is 24.8 Å². The van der Waals surface area contributed by atoms with Gasteiger partial charge < -0.3 is 9.03 Å². The van der Waals surface area contributed by atoms with Crippen LogP contribution < -0.4 is 0 Å². The zero-order chi connectivity index (χ0) is 9.40. The van der Waals surface area contributed by atoms with Crippen molar-refractivity contribution in [3.8, 4) is 0 Å². The Bertz CT molecular complexity index is 209. The number of carbonyl (C=O) groups is 2. The number of halogens is 1. The van der Waals surface area contributed by atoms with Crippen LogP contribution in [0.4, 0.5) is 0 Å². The van der Waals surface area contributed by atoms with E-state index in [-0.39, 0.29) is 6.61 Å². The standard InChI is InChI=1S/C7H7ClO4/c1-2-5-11-6(9)3-4-7(10)12-8/h2-4H,1,5H2/b4-3-. The summed E-state index contributed by atoms with van der Waals surface area (Å²) in [5, 5.41) is 0. The van der Waals surface area contributed by atoms with Crippen molar-refractivity contribution >= 4 is 23.8 Å². The van der Waals surface area contributed by atoms with Gasteiger partial charge in [-0.25, -0.2) is 9.59 Å². The third kappa shape index (κ3) is 5.49. The van der Waals surface area contributed by atoms with Gasteiger partial charge in [-0.2, -0.15) is 0 Å². The average molecular weight is 191 g/mol. The largest absolute Gasteiger partial charge is 0.458 e. The molecule has 0 aromatic rings. The van der Waals surface area contributed by atoms with Crippen molar-refractivity contribution in [2.45, 2.75) is 0 Å². The van der Waals surface area contributed by atoms with Crippen molar-refractivity contribution in [1.82, 2.24) is 0 Å². The van der Waals surface area contributed by atoms with Crippen molar-refractivity contribution in [3.63, 3.8) is 0 Å². The lowest BCUT2D eigenvalue weighted by atomic mass is 10.5. The van der Waals surface area contributed by atoms with Crippen molar-refractivity contribution in [3.05, 3.63) is 24.8 Å². The average Bonchev–Trinajstić information content (AvgIpc) is 2.10. The van der Waals surface area contributed by atoms with Crippen molar-refractivity contribution in [2.24, 2.45) is 0 Å². The molecule has 0 atom stereocenters. The van der Waals surface area contributed by atoms with Crippen LogP contribution in [0.2, 0.25) is 0 Å². The van der Waals surface area contributed by atoms with E-state index in [0.29, 0.717) is 0 Å². The summed E-state index contributed by atoms with van der Waals surface area (Å²) in [5.74, 6) is -1.48. The molecule has 0 heterocycles. The summed E-state index contributed by atoms with van der Waals surface area (Å²) in [6.45, 7) is 3.43. The molecule has 0 rings (SSSR count). The molecule has 0 aromatic carbocycles. The van der Waals surface area contributed by atoms with E-state index in [2.05, 4.69) is 27.5 Å². The molecule has 0 aliphatic heterocycles. The molecular weight excluding hydrogens is 184 g/mol. The highest BCUT2D eigenvalue weighted by molar-refractivity contribution is 6.15. The lowest BCUT2D eigenvalue weighted by Crippen LogP contribution is -2.01. The van der Waals surface area contributed by atoms with Crippen LogP contribution >= 0.6 is 11.9 Å². The van der Waals surface area contributed by atoms with Crippen molar-refractivity contribution in [1.29, 1.82) is 0 Å². The molecule has 0 radical (unpaired) electrons. The van der Waals surface area contributed by atoms with Crippen LogP contribution in [-0.2, 0) is 18.6 Å². The molecule has 66 valence electrons. The van der Waals surface area contributed by atoms with Crippen molar-refractivity contribution < 1.29 is 18.6 Å². The maximum Gasteiger partial charge on any atom is 0.349 e. The molecule has 5 heteroatoms. The Morgan fingerprint density at radius 1 is 1.33 bits per heavy atom. The fourth-order valence-corrected chi connectivity index (χ4v) is 0.402. The number of carbonyl (C=O) groups excluding carboxylic acids is 2. The summed E-state index contributed by atoms with van der Waals surface area (Å²) in [6, 6.07) is 0. The maximum absolute atomic E-state index is 10.6. The first-order chi connectivity index (χ1) is 5.70. The SMILES string of the molecule is C=CCOC(=O)/C=C\C(=O)OCl. The molecular formula is C7H7ClO4. The second kappa shape index (κ2) is 6.42. The number of esters is 1. The fraction of sp³-hybridized carbons (Fsp3) is 0.143. The molecule has 0 unspecified atom stereocenters. The Morgan fingerprint density at radius 3 is 2.42 bits per heavy atom. The lowest BCUT2D eigenvalue weighted by molar-refractivity contribution is -0.137. The Morgan fingerprint density at radius 2 is 1.92 bits per heavy atom. The molecule has 0 aliphatic rings. The number of rotatable bonds is 4. The van der Waals surface area contributed by atoms with E-state index in [1.54, 1.807) is 0 Å². The first-order valence-electron chi connectivity index (χ1n) is 2.99. The van der Waals surface area contributed by atoms with E-state index in [0.717, 1.165) is 12.2 Å². The van der Waals surface area contributed by atoms with Gasteiger partial charge in [0.2, 0.25) is 0 Å². The van der Waals surface area contributed by atoms with Crippen LogP contribution in [0.1, 0.15) is 0 Å². The van der Waals surface area contributed by atoms with Gasteiger partial charge in [-0.1, -0.05) is 12.7 Å². The summed E-state index contributed by atoms with van der Waals surface area (Å²) in [7, 11) is 0. The molecule has 0 amide bonds. The number of hydrogen-bond acceptors (Lipinski definition) is 4. The van der Waals surface area contributed by atoms with E-state index in [1.165, 1.54) is 6.08 Å². The van der Waals surface area contributed by atoms with E-state index < -0.39 is 11.9 Å². The predicted molar refractivity (Wildman–Crippen MR) is 42.2 cm³/mol. The number of ether oxygens (including phenoxy) is 1. The van der Waals surface area contributed by atoms with Gasteiger partial charge in [-0.05, 0) is 0 Å². The first-order valence-corrected chi connectivity index (χ1v) is 3.30. The molecule has 12 heavy (non-hydrogen) atoms. The van der Waals surface area contributed by atoms with Gasteiger partial charge >= 0.3 is 11.9 Å². The Balaban J connectivity index is 3.75. The molecule has 0 saturated heterocycles. The van der Waals surface area contributed by atoms with Crippen molar-refractivity contribution in [2.75, 3.05) is 6.61 Å². The highest BCUT2D eigenvalue weighted by Crippen LogP contribution is 1.87. The minimum absolute atomic E-state index is 0.0963. The molecule has 0 bridgehead atoms. The molecule has 0 fully saturated rings. The topological polar surface area (TPSA) is 52.6 Å². The van der Waals surface area contributed by atoms with E-state index in [1.807, 2.05) is 0 Å². The van der Waals surface area contributed by atoms with E-state index in [4.69, 9.17) is 0 Å². The van der Waals surface area contributed by atoms with Crippen LogP contribution in [0.5, 0.6) is 0 Å². The zero-order valence-electron chi connectivity index (χ0n) is 6.16. The fourth-order valence-electron chi connectivity index (χ4n) is 0.351. The highest BCUT2D eigenvalue weighted by Gasteiger charge is 1.97. The molecule has 0 spiro atoms. The summed E-state index contributed by atoms with van der Waals surface area (Å²) in [6.07, 6.45) is 3.18. The smallest absolute Gasteiger partial charge is 0.349 e. The van der Waals surface area contributed by atoms with Gasteiger partial charge in [-0.15, -0.1) is 0 Å². The van der Waals surface area contributed by atoms with Gasteiger partial charge in [0.1, 0.15) is 18.5 Å². The van der Waals surface area contributed by atoms with Gasteiger partial charge in [-0.3, -0.25) is 0 Å². The maximum atomic E-state index is 10.6. The summed E-state index contributed by atoms with van der Waals surface area (Å²) in [4.78, 5) is 20.9. The minimum atomic E-state index is -0.827. The summed E-state index contributed by atoms with van der Waals surface area (Å²) < 4.78 is 8.22. The normalized spacial score (nSPS) is 9.42. The Hall–Kier alpha value is -1.29. The second-order valence-corrected chi connectivity index (χ2v) is 1.80. The minimum Gasteiger partial charge on any atom is -0.458 e. The molecule has 0 N–H and O–H groups in total. The van der Waals surface area contributed by atoms with Gasteiger partial charge in [0.15, 0.2) is 0 Å². The van der Waals surface area contributed by atoms with Gasteiger partial charge in [0, 0.05) is 12.2 Å². The van der Waals surface area contributed by atoms with Crippen LogP contribution in [0, 0.1) is 0 Å². The number of hydrogen-bond donors (Lipinski definition) is 0. The van der Waals surface area contributed by atoms with Gasteiger partial charge in [0.25, 0.3) is 0 Å². The lowest BCUT2D eigenvalue weighted by Gasteiger charge is -1.93.